The Morgan fingerprint density at radius 3 is 2.78 bits per heavy atom. The third kappa shape index (κ3) is 3.33. The van der Waals surface area contributed by atoms with Gasteiger partial charge in [0.05, 0.1) is 6.10 Å². The van der Waals surface area contributed by atoms with Crippen LogP contribution in [0.3, 0.4) is 0 Å². The summed E-state index contributed by atoms with van der Waals surface area (Å²) in [5.41, 5.74) is 1.89. The SMILES string of the molecule is CCOC1CC(CC(Br)c2ccc(F)c(C)c2)C1. The number of hydrogen-bond donors (Lipinski definition) is 0. The fourth-order valence-corrected chi connectivity index (χ4v) is 3.34. The Bertz CT molecular complexity index is 401. The Kier molecular flexibility index (Phi) is 4.79. The molecule has 0 saturated heterocycles. The van der Waals surface area contributed by atoms with Crippen molar-refractivity contribution in [2.45, 2.75) is 44.0 Å². The topological polar surface area (TPSA) is 9.23 Å². The third-order valence-corrected chi connectivity index (χ3v) is 4.58. The number of ether oxygens (including phenoxy) is 1. The highest BCUT2D eigenvalue weighted by molar-refractivity contribution is 9.09. The number of aryl methyl sites for hydroxylation is 1. The van der Waals surface area contributed by atoms with Gasteiger partial charge < -0.3 is 4.74 Å². The van der Waals surface area contributed by atoms with Crippen LogP contribution in [0.5, 0.6) is 0 Å². The summed E-state index contributed by atoms with van der Waals surface area (Å²) < 4.78 is 18.8. The molecule has 0 spiro atoms. The Morgan fingerprint density at radius 1 is 1.44 bits per heavy atom. The summed E-state index contributed by atoms with van der Waals surface area (Å²) in [6.07, 6.45) is 3.90. The van der Waals surface area contributed by atoms with Gasteiger partial charge in [0.1, 0.15) is 5.82 Å². The van der Waals surface area contributed by atoms with Gasteiger partial charge in [0.15, 0.2) is 0 Å². The first-order valence-corrected chi connectivity index (χ1v) is 7.53. The number of benzene rings is 1. The molecule has 18 heavy (non-hydrogen) atoms. The predicted octanol–water partition coefficient (Wildman–Crippen LogP) is 4.78. The summed E-state index contributed by atoms with van der Waals surface area (Å²) in [5, 5.41) is 0. The van der Waals surface area contributed by atoms with Crippen molar-refractivity contribution in [3.05, 3.63) is 35.1 Å². The van der Waals surface area contributed by atoms with Crippen LogP contribution in [0.15, 0.2) is 18.2 Å². The molecular formula is C15H20BrFO. The first-order chi connectivity index (χ1) is 8.60. The highest BCUT2D eigenvalue weighted by Crippen LogP contribution is 2.40. The van der Waals surface area contributed by atoms with Crippen molar-refractivity contribution in [3.63, 3.8) is 0 Å². The lowest BCUT2D eigenvalue weighted by molar-refractivity contribution is -0.0264. The van der Waals surface area contributed by atoms with E-state index in [-0.39, 0.29) is 5.82 Å². The van der Waals surface area contributed by atoms with Crippen LogP contribution in [0.4, 0.5) is 4.39 Å². The number of hydrogen-bond acceptors (Lipinski definition) is 1. The molecule has 0 N–H and O–H groups in total. The average molecular weight is 315 g/mol. The number of halogens is 2. The zero-order chi connectivity index (χ0) is 13.1. The van der Waals surface area contributed by atoms with Gasteiger partial charge in [0, 0.05) is 11.4 Å². The second-order valence-electron chi connectivity index (χ2n) is 5.13. The maximum absolute atomic E-state index is 13.2. The van der Waals surface area contributed by atoms with Gasteiger partial charge in [-0.15, -0.1) is 0 Å². The van der Waals surface area contributed by atoms with Crippen LogP contribution in [-0.4, -0.2) is 12.7 Å². The zero-order valence-corrected chi connectivity index (χ0v) is 12.5. The van der Waals surface area contributed by atoms with Gasteiger partial charge in [0.25, 0.3) is 0 Å². The molecule has 0 bridgehead atoms. The van der Waals surface area contributed by atoms with Crippen molar-refractivity contribution >= 4 is 15.9 Å². The van der Waals surface area contributed by atoms with Gasteiger partial charge in [-0.1, -0.05) is 28.1 Å². The summed E-state index contributed by atoms with van der Waals surface area (Å²) >= 11 is 3.72. The van der Waals surface area contributed by atoms with Gasteiger partial charge in [-0.2, -0.15) is 0 Å². The van der Waals surface area contributed by atoms with Gasteiger partial charge in [-0.25, -0.2) is 4.39 Å². The summed E-state index contributed by atoms with van der Waals surface area (Å²) in [4.78, 5) is 0.323. The monoisotopic (exact) mass is 314 g/mol. The molecule has 1 fully saturated rings. The molecule has 0 aliphatic heterocycles. The van der Waals surface area contributed by atoms with Gasteiger partial charge in [-0.3, -0.25) is 0 Å². The molecule has 1 nitrogen and oxygen atoms in total. The molecule has 100 valence electrons. The maximum Gasteiger partial charge on any atom is 0.126 e. The van der Waals surface area contributed by atoms with Crippen molar-refractivity contribution in [3.8, 4) is 0 Å². The van der Waals surface area contributed by atoms with Crippen LogP contribution in [0.2, 0.25) is 0 Å². The Labute approximate surface area is 117 Å². The van der Waals surface area contributed by atoms with E-state index in [0.717, 1.165) is 37.4 Å². The molecule has 1 aliphatic carbocycles. The van der Waals surface area contributed by atoms with Crippen molar-refractivity contribution < 1.29 is 9.13 Å². The van der Waals surface area contributed by atoms with E-state index in [1.54, 1.807) is 6.07 Å². The second-order valence-corrected chi connectivity index (χ2v) is 6.23. The fourth-order valence-electron chi connectivity index (χ4n) is 2.53. The summed E-state index contributed by atoms with van der Waals surface area (Å²) in [7, 11) is 0. The van der Waals surface area contributed by atoms with Crippen LogP contribution in [0.1, 0.15) is 42.1 Å². The molecule has 1 aromatic rings. The molecule has 1 saturated carbocycles. The predicted molar refractivity (Wildman–Crippen MR) is 75.6 cm³/mol. The van der Waals surface area contributed by atoms with E-state index in [1.165, 1.54) is 5.56 Å². The molecule has 1 atom stereocenters. The molecule has 0 radical (unpaired) electrons. The van der Waals surface area contributed by atoms with Crippen molar-refractivity contribution in [2.75, 3.05) is 6.61 Å². The van der Waals surface area contributed by atoms with E-state index in [4.69, 9.17) is 4.74 Å². The second kappa shape index (κ2) is 6.16. The average Bonchev–Trinajstić information content (AvgIpc) is 2.30. The highest BCUT2D eigenvalue weighted by atomic mass is 79.9. The van der Waals surface area contributed by atoms with E-state index < -0.39 is 0 Å². The minimum absolute atomic E-state index is 0.126. The molecule has 0 amide bonds. The molecule has 2 rings (SSSR count). The molecule has 1 aromatic carbocycles. The Morgan fingerprint density at radius 2 is 2.17 bits per heavy atom. The van der Waals surface area contributed by atoms with E-state index in [9.17, 15) is 4.39 Å². The van der Waals surface area contributed by atoms with E-state index in [0.29, 0.717) is 10.9 Å². The quantitative estimate of drug-likeness (QED) is 0.711. The number of alkyl halides is 1. The van der Waals surface area contributed by atoms with Crippen molar-refractivity contribution in [2.24, 2.45) is 5.92 Å². The van der Waals surface area contributed by atoms with Gasteiger partial charge >= 0.3 is 0 Å². The van der Waals surface area contributed by atoms with Gasteiger partial charge in [0.2, 0.25) is 0 Å². The van der Waals surface area contributed by atoms with Crippen molar-refractivity contribution in [1.29, 1.82) is 0 Å². The molecular weight excluding hydrogens is 295 g/mol. The normalized spacial score (nSPS) is 24.7. The smallest absolute Gasteiger partial charge is 0.126 e. The molecule has 3 heteroatoms. The first-order valence-electron chi connectivity index (χ1n) is 6.61. The largest absolute Gasteiger partial charge is 0.378 e. The minimum atomic E-state index is -0.126. The van der Waals surface area contributed by atoms with Crippen LogP contribution in [0, 0.1) is 18.7 Å². The number of rotatable bonds is 5. The lowest BCUT2D eigenvalue weighted by Gasteiger charge is -2.36. The van der Waals surface area contributed by atoms with Crippen LogP contribution < -0.4 is 0 Å². The van der Waals surface area contributed by atoms with Crippen LogP contribution in [0.25, 0.3) is 0 Å². The standard InChI is InChI=1S/C15H20BrFO/c1-3-18-13-7-11(8-13)9-14(16)12-4-5-15(17)10(2)6-12/h4-6,11,13-14H,3,7-9H2,1-2H3. The maximum atomic E-state index is 13.2. The minimum Gasteiger partial charge on any atom is -0.378 e. The lowest BCUT2D eigenvalue weighted by atomic mass is 9.78. The molecule has 0 heterocycles. The highest BCUT2D eigenvalue weighted by Gasteiger charge is 2.31. The van der Waals surface area contributed by atoms with E-state index >= 15 is 0 Å². The summed E-state index contributed by atoms with van der Waals surface area (Å²) in [6.45, 7) is 4.67. The molecule has 0 aromatic heterocycles. The van der Waals surface area contributed by atoms with E-state index in [2.05, 4.69) is 15.9 Å². The zero-order valence-electron chi connectivity index (χ0n) is 11.0. The van der Waals surface area contributed by atoms with E-state index in [1.807, 2.05) is 26.0 Å². The molecule has 1 aliphatic rings. The van der Waals surface area contributed by atoms with Crippen molar-refractivity contribution in [1.82, 2.24) is 0 Å². The first kappa shape index (κ1) is 14.0. The fraction of sp³-hybridized carbons (Fsp3) is 0.600. The van der Waals surface area contributed by atoms with Crippen LogP contribution in [-0.2, 0) is 4.74 Å². The molecule has 1 unspecified atom stereocenters. The van der Waals surface area contributed by atoms with Crippen LogP contribution >= 0.6 is 15.9 Å². The Balaban J connectivity index is 1.85. The third-order valence-electron chi connectivity index (χ3n) is 3.68. The summed E-state index contributed by atoms with van der Waals surface area (Å²) in [5.74, 6) is 0.606. The Hall–Kier alpha value is -0.410. The van der Waals surface area contributed by atoms with Gasteiger partial charge in [-0.05, 0) is 56.2 Å². The lowest BCUT2D eigenvalue weighted by Crippen LogP contribution is -2.31. The summed E-state index contributed by atoms with van der Waals surface area (Å²) in [6, 6.07) is 5.37.